The van der Waals surface area contributed by atoms with Crippen LogP contribution in [0, 0.1) is 35.0 Å². The van der Waals surface area contributed by atoms with E-state index in [4.69, 9.17) is 4.74 Å². The molecule has 2 saturated carbocycles. The summed E-state index contributed by atoms with van der Waals surface area (Å²) in [5.74, 6) is 4.32. The third-order valence-electron chi connectivity index (χ3n) is 7.08. The van der Waals surface area contributed by atoms with Crippen molar-refractivity contribution in [2.24, 2.45) is 35.0 Å². The van der Waals surface area contributed by atoms with Gasteiger partial charge in [-0.3, -0.25) is 4.90 Å². The van der Waals surface area contributed by atoms with Crippen LogP contribution in [0.25, 0.3) is 0 Å². The van der Waals surface area contributed by atoms with Gasteiger partial charge in [-0.15, -0.1) is 0 Å². The second kappa shape index (κ2) is 3.52. The van der Waals surface area contributed by atoms with Gasteiger partial charge in [0.1, 0.15) is 0 Å². The highest BCUT2D eigenvalue weighted by atomic mass is 16.5. The molecule has 2 saturated heterocycles. The third-order valence-corrected chi connectivity index (χ3v) is 7.08. The Hall–Kier alpha value is -0.0800. The minimum atomic E-state index is 0.518. The van der Waals surface area contributed by atoms with Crippen molar-refractivity contribution in [1.82, 2.24) is 4.90 Å². The Morgan fingerprint density at radius 3 is 2.78 bits per heavy atom. The summed E-state index contributed by atoms with van der Waals surface area (Å²) < 4.78 is 6.31. The summed E-state index contributed by atoms with van der Waals surface area (Å²) in [7, 11) is 2.34. The highest BCUT2D eigenvalue weighted by Crippen LogP contribution is 2.66. The maximum absolute atomic E-state index is 6.31. The fourth-order valence-corrected chi connectivity index (χ4v) is 6.52. The molecule has 0 N–H and O–H groups in total. The van der Waals surface area contributed by atoms with Crippen molar-refractivity contribution in [2.75, 3.05) is 20.2 Å². The van der Waals surface area contributed by atoms with Gasteiger partial charge in [0, 0.05) is 12.6 Å². The van der Waals surface area contributed by atoms with Gasteiger partial charge >= 0.3 is 0 Å². The quantitative estimate of drug-likeness (QED) is 0.708. The first-order valence-electron chi connectivity index (χ1n) is 7.87. The van der Waals surface area contributed by atoms with Gasteiger partial charge in [-0.05, 0) is 54.9 Å². The topological polar surface area (TPSA) is 12.5 Å². The third kappa shape index (κ3) is 1.13. The maximum atomic E-state index is 6.31. The zero-order valence-corrected chi connectivity index (χ0v) is 12.2. The summed E-state index contributed by atoms with van der Waals surface area (Å²) in [6.07, 6.45) is 3.45. The Bertz CT molecular complexity index is 368. The van der Waals surface area contributed by atoms with Crippen LogP contribution < -0.4 is 0 Å². The Kier molecular flexibility index (Phi) is 2.29. The van der Waals surface area contributed by atoms with E-state index in [-0.39, 0.29) is 0 Å². The molecule has 4 aliphatic rings. The van der Waals surface area contributed by atoms with Crippen molar-refractivity contribution >= 4 is 0 Å². The lowest BCUT2D eigenvalue weighted by atomic mass is 9.55. The molecule has 7 atom stereocenters. The van der Waals surface area contributed by atoms with Gasteiger partial charge in [-0.2, -0.15) is 0 Å². The minimum absolute atomic E-state index is 0.518. The molecule has 0 radical (unpaired) electrons. The number of nitrogens with zero attached hydrogens (tertiary/aromatic N) is 1. The predicted molar refractivity (Wildman–Crippen MR) is 72.3 cm³/mol. The lowest BCUT2D eigenvalue weighted by molar-refractivity contribution is -0.0553. The average molecular weight is 249 g/mol. The molecule has 2 nitrogen and oxygen atoms in total. The molecule has 2 aliphatic heterocycles. The van der Waals surface area contributed by atoms with Crippen molar-refractivity contribution in [1.29, 1.82) is 0 Å². The Balaban J connectivity index is 1.81. The van der Waals surface area contributed by atoms with Gasteiger partial charge in [-0.1, -0.05) is 20.8 Å². The number of ether oxygens (including phenoxy) is 1. The van der Waals surface area contributed by atoms with Gasteiger partial charge < -0.3 is 4.74 Å². The molecule has 4 fully saturated rings. The number of fused-ring (bicyclic) bond motifs is 4. The van der Waals surface area contributed by atoms with Crippen LogP contribution in [-0.4, -0.2) is 37.2 Å². The molecule has 2 heterocycles. The van der Waals surface area contributed by atoms with Crippen LogP contribution in [0.5, 0.6) is 0 Å². The highest BCUT2D eigenvalue weighted by molar-refractivity contribution is 5.18. The van der Waals surface area contributed by atoms with Gasteiger partial charge in [0.25, 0.3) is 0 Å². The van der Waals surface area contributed by atoms with Crippen LogP contribution in [0.2, 0.25) is 0 Å². The first kappa shape index (κ1) is 11.7. The second-order valence-electron chi connectivity index (χ2n) is 7.91. The number of hydrogen-bond acceptors (Lipinski definition) is 2. The molecular formula is C16H27NO. The number of hydrogen-bond donors (Lipinski definition) is 0. The second-order valence-corrected chi connectivity index (χ2v) is 7.91. The van der Waals surface area contributed by atoms with E-state index in [1.807, 2.05) is 0 Å². The first-order chi connectivity index (χ1) is 8.55. The molecule has 18 heavy (non-hydrogen) atoms. The number of likely N-dealkylation sites (N-methyl/N-ethyl adjacent to an activating group) is 1. The van der Waals surface area contributed by atoms with E-state index in [0.717, 1.165) is 36.2 Å². The monoisotopic (exact) mass is 249 g/mol. The lowest BCUT2D eigenvalue weighted by Gasteiger charge is -2.51. The van der Waals surface area contributed by atoms with Crippen LogP contribution in [0.1, 0.15) is 33.6 Å². The first-order valence-corrected chi connectivity index (χ1v) is 7.87. The molecule has 2 aliphatic carbocycles. The Morgan fingerprint density at radius 1 is 1.28 bits per heavy atom. The minimum Gasteiger partial charge on any atom is -0.376 e. The average Bonchev–Trinajstić information content (AvgIpc) is 2.87. The standard InChI is InChI=1S/C16H27NO/c1-9(2)13-11-8-18-14(13)15-16(3)10(7-17(15)4)5-6-12(11)16/h9-15H,5-8H2,1-4H3. The maximum Gasteiger partial charge on any atom is 0.0769 e. The smallest absolute Gasteiger partial charge is 0.0769 e. The van der Waals surface area contributed by atoms with Crippen LogP contribution in [0.15, 0.2) is 0 Å². The fraction of sp³-hybridized carbons (Fsp3) is 1.00. The van der Waals surface area contributed by atoms with E-state index in [9.17, 15) is 0 Å². The molecule has 0 amide bonds. The van der Waals surface area contributed by atoms with E-state index >= 15 is 0 Å². The zero-order valence-electron chi connectivity index (χ0n) is 12.2. The molecule has 102 valence electrons. The van der Waals surface area contributed by atoms with Gasteiger partial charge in [0.15, 0.2) is 0 Å². The summed E-state index contributed by atoms with van der Waals surface area (Å²) in [5, 5.41) is 0. The SMILES string of the molecule is CC(C)C1C2COC1C1N(C)CC3CCC2C31C. The van der Waals surface area contributed by atoms with Gasteiger partial charge in [-0.25, -0.2) is 0 Å². The van der Waals surface area contributed by atoms with Crippen LogP contribution in [-0.2, 0) is 4.74 Å². The number of rotatable bonds is 1. The molecule has 0 spiro atoms. The van der Waals surface area contributed by atoms with E-state index in [1.165, 1.54) is 19.4 Å². The molecule has 7 unspecified atom stereocenters. The Labute approximate surface area is 111 Å². The van der Waals surface area contributed by atoms with Crippen molar-refractivity contribution in [3.05, 3.63) is 0 Å². The van der Waals surface area contributed by atoms with Crippen molar-refractivity contribution in [2.45, 2.75) is 45.8 Å². The van der Waals surface area contributed by atoms with Crippen LogP contribution in [0.4, 0.5) is 0 Å². The van der Waals surface area contributed by atoms with Crippen molar-refractivity contribution in [3.63, 3.8) is 0 Å². The van der Waals surface area contributed by atoms with E-state index in [0.29, 0.717) is 17.6 Å². The van der Waals surface area contributed by atoms with Crippen LogP contribution >= 0.6 is 0 Å². The molecular weight excluding hydrogens is 222 g/mol. The van der Waals surface area contributed by atoms with E-state index in [2.05, 4.69) is 32.7 Å². The molecule has 0 aromatic rings. The summed E-state index contributed by atoms with van der Waals surface area (Å²) in [6, 6.07) is 0.696. The Morgan fingerprint density at radius 2 is 2.06 bits per heavy atom. The number of likely N-dealkylation sites (tertiary alicyclic amines) is 1. The zero-order chi connectivity index (χ0) is 12.7. The van der Waals surface area contributed by atoms with Gasteiger partial charge in [0.2, 0.25) is 0 Å². The molecule has 0 aromatic carbocycles. The van der Waals surface area contributed by atoms with Crippen molar-refractivity contribution < 1.29 is 4.74 Å². The molecule has 0 aromatic heterocycles. The van der Waals surface area contributed by atoms with Crippen LogP contribution in [0.3, 0.4) is 0 Å². The largest absolute Gasteiger partial charge is 0.376 e. The fourth-order valence-electron chi connectivity index (χ4n) is 6.52. The highest BCUT2D eigenvalue weighted by Gasteiger charge is 2.68. The van der Waals surface area contributed by atoms with Crippen molar-refractivity contribution in [3.8, 4) is 0 Å². The predicted octanol–water partition coefficient (Wildman–Crippen LogP) is 2.63. The molecule has 2 bridgehead atoms. The van der Waals surface area contributed by atoms with E-state index < -0.39 is 0 Å². The lowest BCUT2D eigenvalue weighted by Crippen LogP contribution is -2.57. The van der Waals surface area contributed by atoms with E-state index in [1.54, 1.807) is 0 Å². The summed E-state index contributed by atoms with van der Waals surface area (Å²) >= 11 is 0. The molecule has 2 heteroatoms. The summed E-state index contributed by atoms with van der Waals surface area (Å²) in [4.78, 5) is 2.64. The normalized spacial score (nSPS) is 58.5. The summed E-state index contributed by atoms with van der Waals surface area (Å²) in [5.41, 5.74) is 0.561. The van der Waals surface area contributed by atoms with Gasteiger partial charge in [0.05, 0.1) is 12.7 Å². The summed E-state index contributed by atoms with van der Waals surface area (Å²) in [6.45, 7) is 9.77. The molecule has 4 rings (SSSR count).